The van der Waals surface area contributed by atoms with E-state index in [1.807, 2.05) is 0 Å². The van der Waals surface area contributed by atoms with Crippen molar-refractivity contribution in [3.8, 4) is 0 Å². The molecule has 0 bridgehead atoms. The molecule has 8 saturated heterocycles. The first-order chi connectivity index (χ1) is 50.5. The number of carbonyl (C=O) groups is 3. The third-order valence-electron chi connectivity index (χ3n) is 19.5. The van der Waals surface area contributed by atoms with Crippen molar-refractivity contribution in [1.82, 2.24) is 16.0 Å². The quantitative estimate of drug-likeness (QED) is 0.0318. The first kappa shape index (κ1) is 89.3. The number of carbonyl (C=O) groups excluding carboxylic acids is 3. The van der Waals surface area contributed by atoms with E-state index in [-0.39, 0.29) is 0 Å². The molecule has 47 heteroatoms. The molecule has 8 rings (SSSR count). The van der Waals surface area contributed by atoms with Gasteiger partial charge in [-0.25, -0.2) is 0 Å². The number of ether oxygens (including phenoxy) is 16. The van der Waals surface area contributed by atoms with Crippen molar-refractivity contribution < 1.29 is 218 Å². The number of aliphatic hydroxyl groups excluding tert-OH is 25. The highest BCUT2D eigenvalue weighted by Gasteiger charge is 2.61. The second kappa shape index (κ2) is 39.2. The molecule has 8 aliphatic rings. The Morgan fingerprint density at radius 2 is 0.645 bits per heavy atom. The second-order valence-corrected chi connectivity index (χ2v) is 27.2. The highest BCUT2D eigenvalue weighted by Crippen LogP contribution is 2.40. The zero-order chi connectivity index (χ0) is 79.2. The predicted octanol–water partition coefficient (Wildman–Crippen LogP) is -18.5. The SMILES string of the molecule is CC(=O)N[C@H]1[C@H](OC[C@@H](O)[C@H](O)[C@H](O[C@@H]2O[C@H](CO)[C@@H](O[C@@H]3O[C@H](CO)[C@H](O)[C@H](O[C@H]4O[C@H](CO)[C@H](O)[C@H](O)[C@H]4O)[C@H]3O[C@@H]3O[C@@H](C)[C@@H](O)[C@@H](O)[C@@H]3O)[C@H](O)[C@H]2NC(C)=O)[C@H](CO)NC(C)=O)O[C@H](CO)[C@@H](O[C@@H]2O[C@H](CO)[C@H](O)[C@H](O[C@H]3O[C@H](CO)[C@H](O)[C@H](O)[C@H]3O)[C@H]2O[C@@H]2O[C@@H](C)[C@@H](O)[C@@H](O)[C@@H]2O)[C@@H]1O. The predicted molar refractivity (Wildman–Crippen MR) is 331 cm³/mol. The van der Waals surface area contributed by atoms with Crippen LogP contribution in [-0.2, 0) is 90.2 Å². The molecule has 0 unspecified atom stereocenters. The molecule has 0 aliphatic carbocycles. The van der Waals surface area contributed by atoms with Crippen LogP contribution in [0.2, 0.25) is 0 Å². The average Bonchev–Trinajstić information content (AvgIpc) is 0.767. The fourth-order valence-corrected chi connectivity index (χ4v) is 13.5. The van der Waals surface area contributed by atoms with Gasteiger partial charge in [-0.15, -0.1) is 0 Å². The Balaban J connectivity index is 1.05. The van der Waals surface area contributed by atoms with E-state index < -0.39 is 340 Å². The molecule has 0 aromatic heterocycles. The molecule has 0 aromatic carbocycles. The highest BCUT2D eigenvalue weighted by atomic mass is 16.8. The summed E-state index contributed by atoms with van der Waals surface area (Å²) in [6, 6.07) is -5.74. The van der Waals surface area contributed by atoms with E-state index in [2.05, 4.69) is 16.0 Å². The van der Waals surface area contributed by atoms with Crippen LogP contribution in [0.5, 0.6) is 0 Å². The molecule has 47 nitrogen and oxygen atoms in total. The summed E-state index contributed by atoms with van der Waals surface area (Å²) in [6.45, 7) is -3.59. The van der Waals surface area contributed by atoms with Gasteiger partial charge in [-0.2, -0.15) is 0 Å². The van der Waals surface area contributed by atoms with E-state index in [1.165, 1.54) is 13.8 Å². The van der Waals surface area contributed by atoms with Gasteiger partial charge in [-0.1, -0.05) is 0 Å². The van der Waals surface area contributed by atoms with Gasteiger partial charge in [0.15, 0.2) is 50.3 Å². The summed E-state index contributed by atoms with van der Waals surface area (Å²) in [5, 5.41) is 282. The Kier molecular flexibility index (Phi) is 32.7. The van der Waals surface area contributed by atoms with Crippen molar-refractivity contribution in [1.29, 1.82) is 0 Å². The van der Waals surface area contributed by atoms with Gasteiger partial charge in [0.05, 0.1) is 71.1 Å². The van der Waals surface area contributed by atoms with Crippen LogP contribution in [0.4, 0.5) is 0 Å². The van der Waals surface area contributed by atoms with E-state index in [4.69, 9.17) is 75.8 Å². The van der Waals surface area contributed by atoms with Crippen LogP contribution in [-0.4, -0.2) is 468 Å². The lowest BCUT2D eigenvalue weighted by Gasteiger charge is -2.51. The van der Waals surface area contributed by atoms with Gasteiger partial charge >= 0.3 is 0 Å². The molecule has 622 valence electrons. The van der Waals surface area contributed by atoms with Crippen LogP contribution in [0.1, 0.15) is 34.6 Å². The molecule has 0 spiro atoms. The molecule has 8 aliphatic heterocycles. The van der Waals surface area contributed by atoms with Crippen LogP contribution in [0.25, 0.3) is 0 Å². The fourth-order valence-electron chi connectivity index (χ4n) is 13.5. The van der Waals surface area contributed by atoms with E-state index >= 15 is 0 Å². The van der Waals surface area contributed by atoms with E-state index in [1.54, 1.807) is 0 Å². The van der Waals surface area contributed by atoms with Crippen LogP contribution >= 0.6 is 0 Å². The van der Waals surface area contributed by atoms with Crippen molar-refractivity contribution >= 4 is 17.7 Å². The molecular formula is C60H103N3O44. The summed E-state index contributed by atoms with van der Waals surface area (Å²) >= 11 is 0. The molecule has 0 saturated carbocycles. The lowest BCUT2D eigenvalue weighted by atomic mass is 9.94. The van der Waals surface area contributed by atoms with Gasteiger partial charge in [0, 0.05) is 20.8 Å². The van der Waals surface area contributed by atoms with E-state index in [9.17, 15) is 142 Å². The molecule has 44 atom stereocenters. The minimum absolute atomic E-state index is 0.921. The number of hydrogen-bond donors (Lipinski definition) is 28. The van der Waals surface area contributed by atoms with Crippen molar-refractivity contribution in [3.05, 3.63) is 0 Å². The van der Waals surface area contributed by atoms with Crippen molar-refractivity contribution in [2.45, 2.75) is 304 Å². The smallest absolute Gasteiger partial charge is 0.217 e. The van der Waals surface area contributed by atoms with Gasteiger partial charge in [-0.05, 0) is 13.8 Å². The summed E-state index contributed by atoms with van der Waals surface area (Å²) < 4.78 is 94.6. The highest BCUT2D eigenvalue weighted by molar-refractivity contribution is 5.74. The summed E-state index contributed by atoms with van der Waals surface area (Å²) in [5.74, 6) is -2.84. The van der Waals surface area contributed by atoms with Crippen LogP contribution < -0.4 is 16.0 Å². The second-order valence-electron chi connectivity index (χ2n) is 27.2. The summed E-state index contributed by atoms with van der Waals surface area (Å²) in [5.41, 5.74) is 0. The minimum Gasteiger partial charge on any atom is -0.394 e. The molecular weight excluding hydrogens is 1470 g/mol. The van der Waals surface area contributed by atoms with Crippen molar-refractivity contribution in [2.24, 2.45) is 0 Å². The summed E-state index contributed by atoms with van der Waals surface area (Å²) in [4.78, 5) is 38.8. The summed E-state index contributed by atoms with van der Waals surface area (Å²) in [7, 11) is 0. The Bertz CT molecular complexity index is 2750. The molecule has 3 amide bonds. The molecule has 107 heavy (non-hydrogen) atoms. The topological polar surface area (TPSA) is 741 Å². The van der Waals surface area contributed by atoms with Crippen LogP contribution in [0.15, 0.2) is 0 Å². The largest absolute Gasteiger partial charge is 0.394 e. The van der Waals surface area contributed by atoms with Gasteiger partial charge in [-0.3, -0.25) is 14.4 Å². The standard InChI is InChI=1S/C60H103N3O44/c1-14-29(75)38(84)42(88)55(93-14)106-51-49(104-57-44(90)40(86)32(78)21(7-65)95-57)34(80)23(9-67)97-59(51)102-47-25(11-69)99-53(27(36(47)82)62-17(4)72)92-13-20(74)31(77)46(19(6-64)61-16(3)71)101-54-28(63-18(5)73)37(83)48(26(12-70)100-54)103-60-52(107-56-43(89)39(85)30(76)15(2)94-56)50(35(81)24(10-68)98-60)105-58-45(91)41(87)33(79)22(8-66)96-58/h14-15,19-60,64-70,74-91H,6-13H2,1-5H3,(H,61,71)(H,62,72)(H,63,73)/t14-,15-,19-,20+,21+,22+,23+,24+,25+,26+,27+,28+,29+,30+,31-,32-,33-,34-,35-,36+,37+,38+,39+,40-,41-,42-,43-,44+,45+,46+,47+,48+,49-,50-,51+,52+,53+,54-,55-,56-,57+,58+,59-,60-/m0/s1. The van der Waals surface area contributed by atoms with Crippen molar-refractivity contribution in [3.63, 3.8) is 0 Å². The number of amides is 3. The number of aliphatic hydroxyl groups is 25. The van der Waals surface area contributed by atoms with Crippen LogP contribution in [0.3, 0.4) is 0 Å². The fraction of sp³-hybridized carbons (Fsp3) is 0.950. The Morgan fingerprint density at radius 1 is 0.336 bits per heavy atom. The minimum atomic E-state index is -2.47. The number of hydrogen-bond acceptors (Lipinski definition) is 44. The summed E-state index contributed by atoms with van der Waals surface area (Å²) in [6.07, 6.45) is -82.7. The van der Waals surface area contributed by atoms with Crippen LogP contribution in [0, 0.1) is 0 Å². The molecule has 0 radical (unpaired) electrons. The zero-order valence-corrected chi connectivity index (χ0v) is 58.0. The molecule has 8 fully saturated rings. The normalized spacial score (nSPS) is 47.6. The van der Waals surface area contributed by atoms with Gasteiger partial charge in [0.1, 0.15) is 201 Å². The Morgan fingerprint density at radius 3 is 1.00 bits per heavy atom. The molecule has 28 N–H and O–H groups in total. The van der Waals surface area contributed by atoms with E-state index in [0.717, 1.165) is 20.8 Å². The molecule has 8 heterocycles. The first-order valence-electron chi connectivity index (χ1n) is 34.3. The van der Waals surface area contributed by atoms with Gasteiger partial charge < -0.3 is 219 Å². The maximum atomic E-state index is 13.1. The maximum absolute atomic E-state index is 13.1. The number of nitrogens with one attached hydrogen (secondary N) is 3. The lowest BCUT2D eigenvalue weighted by Crippen LogP contribution is -2.70. The lowest BCUT2D eigenvalue weighted by molar-refractivity contribution is -0.403. The first-order valence-corrected chi connectivity index (χ1v) is 34.3. The average molecular weight is 1570 g/mol. The Hall–Kier alpha value is -3.23. The third-order valence-corrected chi connectivity index (χ3v) is 19.5. The van der Waals surface area contributed by atoms with Gasteiger partial charge in [0.2, 0.25) is 17.7 Å². The van der Waals surface area contributed by atoms with E-state index in [0.29, 0.717) is 0 Å². The molecule has 0 aromatic rings. The zero-order valence-electron chi connectivity index (χ0n) is 58.0. The maximum Gasteiger partial charge on any atom is 0.217 e. The number of rotatable bonds is 30. The Labute approximate surface area is 607 Å². The monoisotopic (exact) mass is 1570 g/mol. The van der Waals surface area contributed by atoms with Crippen molar-refractivity contribution in [2.75, 3.05) is 52.9 Å². The third kappa shape index (κ3) is 20.1. The van der Waals surface area contributed by atoms with Gasteiger partial charge in [0.25, 0.3) is 0 Å².